The maximum atomic E-state index is 11.1. The zero-order valence-corrected chi connectivity index (χ0v) is 9.27. The molecule has 0 spiro atoms. The molecule has 1 heterocycles. The molecule has 0 aliphatic carbocycles. The molecule has 0 saturated heterocycles. The number of nitrogens with two attached hydrogens (primary N) is 1. The summed E-state index contributed by atoms with van der Waals surface area (Å²) in [6.45, 7) is 2.84. The van der Waals surface area contributed by atoms with Crippen molar-refractivity contribution in [2.24, 2.45) is 5.73 Å². The largest absolute Gasteiger partial charge is 0.368 e. The van der Waals surface area contributed by atoms with Gasteiger partial charge in [0, 0.05) is 12.6 Å². The van der Waals surface area contributed by atoms with Crippen molar-refractivity contribution < 1.29 is 4.79 Å². The molecular weight excluding hydrogens is 208 g/mol. The molecule has 0 radical (unpaired) electrons. The molecule has 0 unspecified atom stereocenters. The Hall–Kier alpha value is -1.85. The van der Waals surface area contributed by atoms with Crippen molar-refractivity contribution in [3.05, 3.63) is 22.6 Å². The molecule has 6 heteroatoms. The average Bonchev–Trinajstić information content (AvgIpc) is 2.23. The molecule has 3 N–H and O–H groups in total. The van der Waals surface area contributed by atoms with Crippen LogP contribution in [0.1, 0.15) is 19.8 Å². The number of hydrogen-bond donors (Lipinski definition) is 2. The van der Waals surface area contributed by atoms with Crippen LogP contribution in [0.5, 0.6) is 0 Å². The normalized spacial score (nSPS) is 10.1. The van der Waals surface area contributed by atoms with E-state index < -0.39 is 5.91 Å². The molecule has 6 nitrogen and oxygen atoms in total. The van der Waals surface area contributed by atoms with Crippen molar-refractivity contribution >= 4 is 11.6 Å². The van der Waals surface area contributed by atoms with Crippen LogP contribution in [0.25, 0.3) is 0 Å². The molecule has 1 aromatic rings. The van der Waals surface area contributed by atoms with E-state index in [1.165, 1.54) is 12.3 Å². The Morgan fingerprint density at radius 2 is 2.38 bits per heavy atom. The molecule has 0 aromatic carbocycles. The van der Waals surface area contributed by atoms with Crippen LogP contribution < -0.4 is 16.2 Å². The van der Waals surface area contributed by atoms with Crippen molar-refractivity contribution in [1.29, 1.82) is 0 Å². The van der Waals surface area contributed by atoms with Crippen molar-refractivity contribution in [3.8, 4) is 0 Å². The number of rotatable bonds is 6. The number of nitrogens with one attached hydrogen (secondary N) is 1. The quantitative estimate of drug-likeness (QED) is 0.703. The van der Waals surface area contributed by atoms with Gasteiger partial charge in [-0.25, -0.2) is 5.10 Å². The number of aromatic amines is 1. The van der Waals surface area contributed by atoms with Gasteiger partial charge in [-0.3, -0.25) is 9.59 Å². The number of primary amides is 1. The van der Waals surface area contributed by atoms with Gasteiger partial charge in [0.25, 0.3) is 5.56 Å². The van der Waals surface area contributed by atoms with Gasteiger partial charge in [0.2, 0.25) is 5.91 Å². The Bertz CT molecular complexity index is 402. The molecule has 88 valence electrons. The van der Waals surface area contributed by atoms with E-state index in [0.717, 1.165) is 12.8 Å². The van der Waals surface area contributed by atoms with E-state index >= 15 is 0 Å². The first kappa shape index (κ1) is 12.2. The van der Waals surface area contributed by atoms with Gasteiger partial charge in [0.05, 0.1) is 18.4 Å². The molecule has 0 aliphatic heterocycles. The number of unbranched alkanes of at least 4 members (excludes halogenated alkanes) is 1. The lowest BCUT2D eigenvalue weighted by Crippen LogP contribution is -2.35. The molecule has 1 amide bonds. The minimum absolute atomic E-state index is 0.102. The third kappa shape index (κ3) is 3.72. The predicted octanol–water partition coefficient (Wildman–Crippen LogP) is -0.138. The van der Waals surface area contributed by atoms with E-state index in [4.69, 9.17) is 5.73 Å². The number of H-pyrrole nitrogens is 1. The van der Waals surface area contributed by atoms with Crippen LogP contribution in [0.3, 0.4) is 0 Å². The summed E-state index contributed by atoms with van der Waals surface area (Å²) in [5.41, 5.74) is 5.49. The molecule has 0 bridgehead atoms. The standard InChI is InChI=1S/C10H16N4O2/c1-2-3-4-14(7-9(11)15)8-5-10(16)13-12-6-8/h5-6H,2-4,7H2,1H3,(H2,11,15)(H,13,16). The highest BCUT2D eigenvalue weighted by molar-refractivity contribution is 5.79. The van der Waals surface area contributed by atoms with Crippen molar-refractivity contribution in [2.45, 2.75) is 19.8 Å². The summed E-state index contributed by atoms with van der Waals surface area (Å²) >= 11 is 0. The van der Waals surface area contributed by atoms with Gasteiger partial charge in [0.1, 0.15) is 0 Å². The SMILES string of the molecule is CCCCN(CC(N)=O)c1cn[nH]c(=O)c1. The van der Waals surface area contributed by atoms with Crippen LogP contribution in [0.4, 0.5) is 5.69 Å². The fraction of sp³-hybridized carbons (Fsp3) is 0.500. The third-order valence-electron chi connectivity index (χ3n) is 2.14. The minimum Gasteiger partial charge on any atom is -0.368 e. The van der Waals surface area contributed by atoms with E-state index in [1.807, 2.05) is 0 Å². The van der Waals surface area contributed by atoms with Gasteiger partial charge in [0.15, 0.2) is 0 Å². The number of carbonyl (C=O) groups excluding carboxylic acids is 1. The molecule has 0 saturated carbocycles. The highest BCUT2D eigenvalue weighted by atomic mass is 16.1. The topological polar surface area (TPSA) is 92.1 Å². The summed E-state index contributed by atoms with van der Waals surface area (Å²) in [6, 6.07) is 1.41. The van der Waals surface area contributed by atoms with Crippen molar-refractivity contribution in [3.63, 3.8) is 0 Å². The molecule has 0 fully saturated rings. The first-order valence-corrected chi connectivity index (χ1v) is 5.21. The zero-order valence-electron chi connectivity index (χ0n) is 9.27. The number of amides is 1. The van der Waals surface area contributed by atoms with Crippen LogP contribution in [0.2, 0.25) is 0 Å². The van der Waals surface area contributed by atoms with Gasteiger partial charge < -0.3 is 10.6 Å². The minimum atomic E-state index is -0.420. The summed E-state index contributed by atoms with van der Waals surface area (Å²) in [5, 5.41) is 5.98. The number of nitrogens with zero attached hydrogens (tertiary/aromatic N) is 2. The summed E-state index contributed by atoms with van der Waals surface area (Å²) in [6.07, 6.45) is 3.45. The second-order valence-electron chi connectivity index (χ2n) is 3.54. The Labute approximate surface area is 93.5 Å². The Kier molecular flexibility index (Phi) is 4.50. The van der Waals surface area contributed by atoms with Gasteiger partial charge in [-0.1, -0.05) is 13.3 Å². The number of anilines is 1. The third-order valence-corrected chi connectivity index (χ3v) is 2.14. The lowest BCUT2D eigenvalue weighted by molar-refractivity contribution is -0.116. The fourth-order valence-electron chi connectivity index (χ4n) is 1.38. The first-order chi connectivity index (χ1) is 7.63. The molecule has 0 atom stereocenters. The number of aromatic nitrogens is 2. The van der Waals surface area contributed by atoms with Crippen LogP contribution in [0.15, 0.2) is 17.1 Å². The molecular formula is C10H16N4O2. The van der Waals surface area contributed by atoms with Crippen LogP contribution in [-0.4, -0.2) is 29.2 Å². The van der Waals surface area contributed by atoms with Crippen molar-refractivity contribution in [1.82, 2.24) is 10.2 Å². The van der Waals surface area contributed by atoms with Gasteiger partial charge in [-0.05, 0) is 6.42 Å². The van der Waals surface area contributed by atoms with Gasteiger partial charge in [-0.15, -0.1) is 0 Å². The summed E-state index contributed by atoms with van der Waals surface area (Å²) < 4.78 is 0. The highest BCUT2D eigenvalue weighted by Gasteiger charge is 2.09. The van der Waals surface area contributed by atoms with Crippen LogP contribution in [-0.2, 0) is 4.79 Å². The van der Waals surface area contributed by atoms with E-state index in [-0.39, 0.29) is 12.1 Å². The summed E-state index contributed by atoms with van der Waals surface area (Å²) in [4.78, 5) is 23.8. The summed E-state index contributed by atoms with van der Waals surface area (Å²) in [5.74, 6) is -0.420. The Morgan fingerprint density at radius 1 is 1.62 bits per heavy atom. The second kappa shape index (κ2) is 5.89. The fourth-order valence-corrected chi connectivity index (χ4v) is 1.38. The van der Waals surface area contributed by atoms with E-state index in [0.29, 0.717) is 12.2 Å². The predicted molar refractivity (Wildman–Crippen MR) is 61.2 cm³/mol. The number of carbonyl (C=O) groups is 1. The maximum Gasteiger partial charge on any atom is 0.266 e. The first-order valence-electron chi connectivity index (χ1n) is 5.21. The van der Waals surface area contributed by atoms with Gasteiger partial charge >= 0.3 is 0 Å². The van der Waals surface area contributed by atoms with E-state index in [1.54, 1.807) is 4.90 Å². The number of hydrogen-bond acceptors (Lipinski definition) is 4. The van der Waals surface area contributed by atoms with E-state index in [2.05, 4.69) is 17.1 Å². The smallest absolute Gasteiger partial charge is 0.266 e. The monoisotopic (exact) mass is 224 g/mol. The summed E-state index contributed by atoms with van der Waals surface area (Å²) in [7, 11) is 0. The highest BCUT2D eigenvalue weighted by Crippen LogP contribution is 2.09. The zero-order chi connectivity index (χ0) is 12.0. The lowest BCUT2D eigenvalue weighted by Gasteiger charge is -2.22. The van der Waals surface area contributed by atoms with E-state index in [9.17, 15) is 9.59 Å². The molecule has 1 rings (SSSR count). The van der Waals surface area contributed by atoms with Crippen LogP contribution in [0, 0.1) is 0 Å². The van der Waals surface area contributed by atoms with Crippen LogP contribution >= 0.6 is 0 Å². The Balaban J connectivity index is 2.82. The maximum absolute atomic E-state index is 11.1. The lowest BCUT2D eigenvalue weighted by atomic mass is 10.3. The second-order valence-corrected chi connectivity index (χ2v) is 3.54. The molecule has 16 heavy (non-hydrogen) atoms. The Morgan fingerprint density at radius 3 is 2.94 bits per heavy atom. The molecule has 1 aromatic heterocycles. The molecule has 0 aliphatic rings. The average molecular weight is 224 g/mol. The van der Waals surface area contributed by atoms with Crippen molar-refractivity contribution in [2.75, 3.05) is 18.0 Å². The van der Waals surface area contributed by atoms with Gasteiger partial charge in [-0.2, -0.15) is 5.10 Å².